The molecule has 3 aromatic rings. The van der Waals surface area contributed by atoms with Crippen LogP contribution in [-0.2, 0) is 0 Å². The van der Waals surface area contributed by atoms with Gasteiger partial charge in [0.05, 0.1) is 17.0 Å². The second-order valence-electron chi connectivity index (χ2n) is 7.36. The number of aliphatic hydroxyl groups is 1. The summed E-state index contributed by atoms with van der Waals surface area (Å²) in [7, 11) is 0. The average Bonchev–Trinajstić information content (AvgIpc) is 3.38. The predicted octanol–water partition coefficient (Wildman–Crippen LogP) is 2.58. The Morgan fingerprint density at radius 3 is 2.77 bits per heavy atom. The van der Waals surface area contributed by atoms with Crippen LogP contribution in [0.5, 0.6) is 0 Å². The monoisotopic (exact) mass is 368 g/mol. The van der Waals surface area contributed by atoms with Crippen LogP contribution < -0.4 is 0 Å². The minimum absolute atomic E-state index is 0.0434. The van der Waals surface area contributed by atoms with Crippen molar-refractivity contribution in [3.05, 3.63) is 47.9 Å². The standard InChI is InChI=1S/C19H20N4O2S/c24-16-6-14-9-22(8-13(14)5-15(16)23-11-20-10-21-23)19(25)18-7-12-3-1-2-4-17(12)26-18/h1-4,7,10-11,13-16,24H,5-6,8-9H2/t13-,14+,15-,16-/m1/s1. The zero-order chi connectivity index (χ0) is 17.7. The van der Waals surface area contributed by atoms with Gasteiger partial charge in [-0.05, 0) is 42.2 Å². The lowest BCUT2D eigenvalue weighted by molar-refractivity contribution is 0.0304. The first-order chi connectivity index (χ1) is 12.7. The lowest BCUT2D eigenvalue weighted by Gasteiger charge is -2.34. The molecule has 1 aromatic carbocycles. The fraction of sp³-hybridized carbons (Fsp3) is 0.421. The Bertz CT molecular complexity index is 905. The number of nitrogens with zero attached hydrogens (tertiary/aromatic N) is 4. The molecule has 2 aromatic heterocycles. The highest BCUT2D eigenvalue weighted by molar-refractivity contribution is 7.20. The molecule has 0 radical (unpaired) electrons. The molecule has 1 saturated heterocycles. The van der Waals surface area contributed by atoms with Crippen LogP contribution in [0.1, 0.15) is 28.6 Å². The lowest BCUT2D eigenvalue weighted by Crippen LogP contribution is -2.36. The topological polar surface area (TPSA) is 71.2 Å². The Hall–Kier alpha value is -2.25. The van der Waals surface area contributed by atoms with Gasteiger partial charge in [0.2, 0.25) is 0 Å². The summed E-state index contributed by atoms with van der Waals surface area (Å²) in [6.07, 6.45) is 4.29. The number of amides is 1. The van der Waals surface area contributed by atoms with Crippen LogP contribution in [0.25, 0.3) is 10.1 Å². The summed E-state index contributed by atoms with van der Waals surface area (Å²) in [6.45, 7) is 1.49. The number of thiophene rings is 1. The molecule has 2 fully saturated rings. The average molecular weight is 368 g/mol. The Morgan fingerprint density at radius 2 is 2.00 bits per heavy atom. The third-order valence-corrected chi connectivity index (χ3v) is 6.91. The number of likely N-dealkylation sites (tertiary alicyclic amines) is 1. The van der Waals surface area contributed by atoms with Gasteiger partial charge in [-0.3, -0.25) is 4.79 Å². The third-order valence-electron chi connectivity index (χ3n) is 5.81. The first-order valence-corrected chi connectivity index (χ1v) is 9.80. The first kappa shape index (κ1) is 16.0. The summed E-state index contributed by atoms with van der Waals surface area (Å²) in [5.74, 6) is 0.890. The van der Waals surface area contributed by atoms with E-state index in [1.54, 1.807) is 22.3 Å². The van der Waals surface area contributed by atoms with Crippen LogP contribution in [0.15, 0.2) is 43.0 Å². The van der Waals surface area contributed by atoms with Gasteiger partial charge in [0.15, 0.2) is 0 Å². The number of benzene rings is 1. The molecular weight excluding hydrogens is 348 g/mol. The molecule has 4 atom stereocenters. The second-order valence-corrected chi connectivity index (χ2v) is 8.44. The minimum atomic E-state index is -0.433. The predicted molar refractivity (Wildman–Crippen MR) is 99.0 cm³/mol. The number of aliphatic hydroxyl groups excluding tert-OH is 1. The number of rotatable bonds is 2. The van der Waals surface area contributed by atoms with E-state index in [9.17, 15) is 9.90 Å². The van der Waals surface area contributed by atoms with Gasteiger partial charge in [-0.1, -0.05) is 18.2 Å². The van der Waals surface area contributed by atoms with E-state index in [1.165, 1.54) is 6.33 Å². The zero-order valence-corrected chi connectivity index (χ0v) is 15.0. The van der Waals surface area contributed by atoms with Gasteiger partial charge in [0.1, 0.15) is 12.7 Å². The van der Waals surface area contributed by atoms with E-state index in [0.29, 0.717) is 18.3 Å². The Balaban J connectivity index is 1.34. The van der Waals surface area contributed by atoms with Crippen molar-refractivity contribution in [3.8, 4) is 0 Å². The number of carbonyl (C=O) groups excluding carboxylic acids is 1. The molecule has 1 N–H and O–H groups in total. The number of hydrogen-bond acceptors (Lipinski definition) is 5. The summed E-state index contributed by atoms with van der Waals surface area (Å²) >= 11 is 1.56. The maximum atomic E-state index is 13.0. The molecule has 3 heterocycles. The van der Waals surface area contributed by atoms with Gasteiger partial charge >= 0.3 is 0 Å². The molecule has 0 spiro atoms. The quantitative estimate of drug-likeness (QED) is 0.755. The molecule has 7 heteroatoms. The van der Waals surface area contributed by atoms with Gasteiger partial charge in [-0.2, -0.15) is 5.10 Å². The van der Waals surface area contributed by atoms with Crippen molar-refractivity contribution >= 4 is 27.3 Å². The summed E-state index contributed by atoms with van der Waals surface area (Å²) in [4.78, 5) is 19.8. The van der Waals surface area contributed by atoms with E-state index in [-0.39, 0.29) is 11.9 Å². The summed E-state index contributed by atoms with van der Waals surface area (Å²) < 4.78 is 2.91. The van der Waals surface area contributed by atoms with E-state index < -0.39 is 6.10 Å². The van der Waals surface area contributed by atoms with E-state index in [1.807, 2.05) is 29.2 Å². The molecule has 1 aliphatic carbocycles. The molecule has 6 nitrogen and oxygen atoms in total. The van der Waals surface area contributed by atoms with Crippen LogP contribution in [0, 0.1) is 11.8 Å². The first-order valence-electron chi connectivity index (χ1n) is 8.99. The number of aromatic nitrogens is 3. The largest absolute Gasteiger partial charge is 0.391 e. The van der Waals surface area contributed by atoms with Crippen LogP contribution in [0.3, 0.4) is 0 Å². The van der Waals surface area contributed by atoms with Crippen molar-refractivity contribution in [1.29, 1.82) is 0 Å². The van der Waals surface area contributed by atoms with E-state index >= 15 is 0 Å². The fourth-order valence-electron chi connectivity index (χ4n) is 4.49. The molecular formula is C19H20N4O2S. The molecule has 1 saturated carbocycles. The smallest absolute Gasteiger partial charge is 0.263 e. The highest BCUT2D eigenvalue weighted by atomic mass is 32.1. The number of hydrogen-bond donors (Lipinski definition) is 1. The van der Waals surface area contributed by atoms with E-state index in [2.05, 4.69) is 16.1 Å². The zero-order valence-electron chi connectivity index (χ0n) is 14.2. The van der Waals surface area contributed by atoms with E-state index in [0.717, 1.165) is 34.5 Å². The maximum Gasteiger partial charge on any atom is 0.263 e. The number of carbonyl (C=O) groups is 1. The number of fused-ring (bicyclic) bond motifs is 2. The van der Waals surface area contributed by atoms with Crippen LogP contribution in [0.2, 0.25) is 0 Å². The van der Waals surface area contributed by atoms with Crippen molar-refractivity contribution < 1.29 is 9.90 Å². The minimum Gasteiger partial charge on any atom is -0.391 e. The van der Waals surface area contributed by atoms with Crippen LogP contribution >= 0.6 is 11.3 Å². The highest BCUT2D eigenvalue weighted by Crippen LogP contribution is 2.41. The Labute approximate surface area is 155 Å². The molecule has 26 heavy (non-hydrogen) atoms. The molecule has 0 bridgehead atoms. The van der Waals surface area contributed by atoms with Gasteiger partial charge in [0, 0.05) is 17.8 Å². The molecule has 2 aliphatic rings. The second kappa shape index (κ2) is 6.17. The van der Waals surface area contributed by atoms with Gasteiger partial charge in [0.25, 0.3) is 5.91 Å². The van der Waals surface area contributed by atoms with Gasteiger partial charge < -0.3 is 10.0 Å². The van der Waals surface area contributed by atoms with Gasteiger partial charge in [-0.25, -0.2) is 9.67 Å². The summed E-state index contributed by atoms with van der Waals surface area (Å²) in [5, 5.41) is 15.9. The van der Waals surface area contributed by atoms with Crippen molar-refractivity contribution in [2.75, 3.05) is 13.1 Å². The highest BCUT2D eigenvalue weighted by Gasteiger charge is 2.44. The van der Waals surface area contributed by atoms with E-state index in [4.69, 9.17) is 0 Å². The van der Waals surface area contributed by atoms with Crippen molar-refractivity contribution in [1.82, 2.24) is 19.7 Å². The molecule has 0 unspecified atom stereocenters. The summed E-state index contributed by atoms with van der Waals surface area (Å²) in [6, 6.07) is 10.1. The van der Waals surface area contributed by atoms with Crippen LogP contribution in [0.4, 0.5) is 0 Å². The van der Waals surface area contributed by atoms with Crippen molar-refractivity contribution in [2.24, 2.45) is 11.8 Å². The molecule has 1 amide bonds. The third kappa shape index (κ3) is 2.62. The van der Waals surface area contributed by atoms with Crippen molar-refractivity contribution in [3.63, 3.8) is 0 Å². The molecule has 134 valence electrons. The summed E-state index contributed by atoms with van der Waals surface area (Å²) in [5.41, 5.74) is 0. The lowest BCUT2D eigenvalue weighted by atomic mass is 9.77. The molecule has 1 aliphatic heterocycles. The van der Waals surface area contributed by atoms with Gasteiger partial charge in [-0.15, -0.1) is 11.3 Å². The Morgan fingerprint density at radius 1 is 1.19 bits per heavy atom. The Kier molecular flexibility index (Phi) is 3.79. The SMILES string of the molecule is O=C(c1cc2ccccc2s1)N1C[C@H]2C[C@@H](n3cncn3)[C@H](O)C[C@H]2C1. The normalized spacial score (nSPS) is 28.4. The molecule has 5 rings (SSSR count). The fourth-order valence-corrected chi connectivity index (χ4v) is 5.52. The van der Waals surface area contributed by atoms with Crippen LogP contribution in [-0.4, -0.2) is 49.9 Å². The van der Waals surface area contributed by atoms with Crippen molar-refractivity contribution in [2.45, 2.75) is 25.0 Å². The maximum absolute atomic E-state index is 13.0.